The number of carbonyl (C=O) groups excluding carboxylic acids is 1. The Morgan fingerprint density at radius 3 is 2.33 bits per heavy atom. The van der Waals surface area contributed by atoms with Crippen LogP contribution in [0.5, 0.6) is 0 Å². The van der Waals surface area contributed by atoms with Crippen molar-refractivity contribution < 1.29 is 24.6 Å². The van der Waals surface area contributed by atoms with Crippen molar-refractivity contribution in [1.82, 2.24) is 24.8 Å². The third-order valence-electron chi connectivity index (χ3n) is 4.76. The lowest BCUT2D eigenvalue weighted by atomic mass is 10.00. The van der Waals surface area contributed by atoms with Gasteiger partial charge in [-0.1, -0.05) is 0 Å². The first-order valence-corrected chi connectivity index (χ1v) is 9.38. The number of nitrogens with zero attached hydrogens (tertiary/aromatic N) is 5. The first-order valence-electron chi connectivity index (χ1n) is 9.38. The van der Waals surface area contributed by atoms with Crippen LogP contribution in [0, 0.1) is 0 Å². The Kier molecular flexibility index (Phi) is 7.93. The first kappa shape index (κ1) is 22.9. The van der Waals surface area contributed by atoms with Crippen molar-refractivity contribution in [2.75, 3.05) is 20.1 Å². The fourth-order valence-corrected chi connectivity index (χ4v) is 2.81. The van der Waals surface area contributed by atoms with Gasteiger partial charge in [-0.2, -0.15) is 0 Å². The molecule has 10 nitrogen and oxygen atoms in total. The quantitative estimate of drug-likeness (QED) is 0.698. The summed E-state index contributed by atoms with van der Waals surface area (Å²) >= 11 is 0. The minimum atomic E-state index is -1.82. The van der Waals surface area contributed by atoms with E-state index in [2.05, 4.69) is 33.7 Å². The van der Waals surface area contributed by atoms with Crippen LogP contribution in [0.3, 0.4) is 0 Å². The third-order valence-corrected chi connectivity index (χ3v) is 4.76. The molecule has 2 aromatic heterocycles. The molecule has 0 aliphatic carbocycles. The van der Waals surface area contributed by atoms with E-state index in [0.29, 0.717) is 25.7 Å². The fourth-order valence-electron chi connectivity index (χ4n) is 2.81. The molecule has 0 saturated carbocycles. The highest BCUT2D eigenvalue weighted by Crippen LogP contribution is 2.27. The average molecular weight is 415 g/mol. The molecule has 0 atom stereocenters. The van der Waals surface area contributed by atoms with Gasteiger partial charge in [0.05, 0.1) is 17.9 Å². The van der Waals surface area contributed by atoms with Gasteiger partial charge in [0, 0.05) is 49.1 Å². The molecule has 1 amide bonds. The number of carbonyl (C=O) groups is 3. The van der Waals surface area contributed by atoms with E-state index in [1.807, 2.05) is 24.1 Å². The van der Waals surface area contributed by atoms with Gasteiger partial charge in [-0.25, -0.2) is 19.6 Å². The monoisotopic (exact) mass is 415 g/mol. The van der Waals surface area contributed by atoms with Crippen molar-refractivity contribution in [2.45, 2.75) is 32.9 Å². The molecule has 0 unspecified atom stereocenters. The zero-order valence-electron chi connectivity index (χ0n) is 17.1. The predicted octanol–water partition coefficient (Wildman–Crippen LogP) is 0.919. The highest BCUT2D eigenvalue weighted by atomic mass is 16.4. The van der Waals surface area contributed by atoms with Gasteiger partial charge >= 0.3 is 11.9 Å². The number of fused-ring (bicyclic) bond motifs is 1. The van der Waals surface area contributed by atoms with Crippen molar-refractivity contribution in [3.8, 4) is 11.3 Å². The summed E-state index contributed by atoms with van der Waals surface area (Å²) in [6.07, 6.45) is 5.89. The number of carboxylic acids is 2. The lowest BCUT2D eigenvalue weighted by Crippen LogP contribution is -2.43. The summed E-state index contributed by atoms with van der Waals surface area (Å²) in [6, 6.07) is 4.23. The van der Waals surface area contributed by atoms with Crippen LogP contribution >= 0.6 is 0 Å². The van der Waals surface area contributed by atoms with Crippen molar-refractivity contribution in [3.63, 3.8) is 0 Å². The Hall–Kier alpha value is -3.40. The van der Waals surface area contributed by atoms with Crippen molar-refractivity contribution in [3.05, 3.63) is 42.1 Å². The van der Waals surface area contributed by atoms with E-state index in [0.717, 1.165) is 28.9 Å². The van der Waals surface area contributed by atoms with E-state index in [1.54, 1.807) is 18.7 Å². The summed E-state index contributed by atoms with van der Waals surface area (Å²) in [6.45, 7) is 5.90. The van der Waals surface area contributed by atoms with Crippen LogP contribution in [0.25, 0.3) is 11.3 Å². The molecular formula is C20H25N5O5. The maximum atomic E-state index is 12.6. The smallest absolute Gasteiger partial charge is 0.414 e. The van der Waals surface area contributed by atoms with E-state index < -0.39 is 11.9 Å². The van der Waals surface area contributed by atoms with Gasteiger partial charge in [-0.05, 0) is 33.0 Å². The van der Waals surface area contributed by atoms with E-state index >= 15 is 0 Å². The van der Waals surface area contributed by atoms with Crippen LogP contribution in [0.2, 0.25) is 0 Å². The Labute approximate surface area is 174 Å². The second kappa shape index (κ2) is 10.4. The third kappa shape index (κ3) is 6.05. The Morgan fingerprint density at radius 2 is 1.77 bits per heavy atom. The number of likely N-dealkylation sites (N-methyl/N-ethyl adjacent to an activating group) is 1. The maximum Gasteiger partial charge on any atom is 0.414 e. The number of aromatic nitrogens is 3. The molecule has 10 heteroatoms. The summed E-state index contributed by atoms with van der Waals surface area (Å²) in [4.78, 5) is 47.7. The van der Waals surface area contributed by atoms with Crippen LogP contribution in [0.15, 0.2) is 30.9 Å². The second-order valence-electron chi connectivity index (χ2n) is 7.07. The molecule has 0 aromatic carbocycles. The Morgan fingerprint density at radius 1 is 1.13 bits per heavy atom. The van der Waals surface area contributed by atoms with Gasteiger partial charge in [-0.3, -0.25) is 14.7 Å². The van der Waals surface area contributed by atoms with Crippen LogP contribution in [0.1, 0.15) is 25.1 Å². The van der Waals surface area contributed by atoms with Gasteiger partial charge in [0.15, 0.2) is 0 Å². The predicted molar refractivity (Wildman–Crippen MR) is 107 cm³/mol. The van der Waals surface area contributed by atoms with Gasteiger partial charge in [0.2, 0.25) is 5.91 Å². The molecular weight excluding hydrogens is 390 g/mol. The van der Waals surface area contributed by atoms with E-state index in [-0.39, 0.29) is 5.91 Å². The number of pyridine rings is 1. The van der Waals surface area contributed by atoms with Crippen LogP contribution in [-0.2, 0) is 27.3 Å². The first-order chi connectivity index (χ1) is 14.2. The molecule has 3 heterocycles. The van der Waals surface area contributed by atoms with Crippen LogP contribution in [-0.4, -0.2) is 79.0 Å². The molecule has 0 saturated heterocycles. The number of aliphatic carboxylic acids is 2. The zero-order valence-corrected chi connectivity index (χ0v) is 17.1. The number of amides is 1. The normalized spacial score (nSPS) is 12.8. The zero-order chi connectivity index (χ0) is 22.3. The lowest BCUT2D eigenvalue weighted by molar-refractivity contribution is -0.159. The van der Waals surface area contributed by atoms with E-state index in [9.17, 15) is 4.79 Å². The summed E-state index contributed by atoms with van der Waals surface area (Å²) in [5.74, 6) is -3.49. The minimum Gasteiger partial charge on any atom is -0.473 e. The van der Waals surface area contributed by atoms with Gasteiger partial charge in [0.1, 0.15) is 6.33 Å². The number of hydrogen-bond acceptors (Lipinski definition) is 7. The van der Waals surface area contributed by atoms with Gasteiger partial charge in [0.25, 0.3) is 0 Å². The summed E-state index contributed by atoms with van der Waals surface area (Å²) < 4.78 is 0. The highest BCUT2D eigenvalue weighted by molar-refractivity contribution is 6.27. The molecule has 30 heavy (non-hydrogen) atoms. The SMILES string of the molecule is CC(C)N(C)CC(=O)N1CCc2ncnc(-c3ccncc3)c2C1.O=C(O)C(=O)O. The molecule has 2 N–H and O–H groups in total. The molecule has 0 spiro atoms. The molecule has 2 aromatic rings. The second-order valence-corrected chi connectivity index (χ2v) is 7.07. The maximum absolute atomic E-state index is 12.6. The van der Waals surface area contributed by atoms with E-state index in [1.165, 1.54) is 0 Å². The number of carboxylic acid groups (broad SMARTS) is 2. The average Bonchev–Trinajstić information content (AvgIpc) is 2.73. The molecule has 0 fully saturated rings. The van der Waals surface area contributed by atoms with Crippen LogP contribution < -0.4 is 0 Å². The van der Waals surface area contributed by atoms with Crippen LogP contribution in [0.4, 0.5) is 0 Å². The number of hydrogen-bond donors (Lipinski definition) is 2. The summed E-state index contributed by atoms with van der Waals surface area (Å²) in [7, 11) is 1.98. The Balaban J connectivity index is 0.000000469. The van der Waals surface area contributed by atoms with Crippen molar-refractivity contribution >= 4 is 17.8 Å². The minimum absolute atomic E-state index is 0.154. The van der Waals surface area contributed by atoms with Gasteiger partial charge in [-0.15, -0.1) is 0 Å². The summed E-state index contributed by atoms with van der Waals surface area (Å²) in [5, 5.41) is 14.8. The van der Waals surface area contributed by atoms with E-state index in [4.69, 9.17) is 19.8 Å². The molecule has 1 aliphatic heterocycles. The largest absolute Gasteiger partial charge is 0.473 e. The summed E-state index contributed by atoms with van der Waals surface area (Å²) in [5.41, 5.74) is 4.00. The fraction of sp³-hybridized carbons (Fsp3) is 0.400. The molecule has 0 bridgehead atoms. The molecule has 3 rings (SSSR count). The highest BCUT2D eigenvalue weighted by Gasteiger charge is 2.25. The van der Waals surface area contributed by atoms with Crippen molar-refractivity contribution in [1.29, 1.82) is 0 Å². The Bertz CT molecular complexity index is 892. The number of rotatable bonds is 4. The van der Waals surface area contributed by atoms with Gasteiger partial charge < -0.3 is 15.1 Å². The lowest BCUT2D eigenvalue weighted by Gasteiger charge is -2.31. The molecule has 160 valence electrons. The van der Waals surface area contributed by atoms with Crippen molar-refractivity contribution in [2.24, 2.45) is 0 Å². The molecule has 0 radical (unpaired) electrons. The molecule has 1 aliphatic rings. The standard InChI is InChI=1S/C18H23N5O.C2H2O4/c1-13(2)22(3)11-17(24)23-9-6-16-15(10-23)18(21-12-20-16)14-4-7-19-8-5-14;3-1(4)2(5)6/h4-5,7-8,12-13H,6,9-11H2,1-3H3;(H,3,4)(H,5,6). The topological polar surface area (TPSA) is 137 Å².